The number of hydrogen-bond acceptors (Lipinski definition) is 1. The Morgan fingerprint density at radius 3 is 2.41 bits per heavy atom. The molecular formula is C14H20FIO. The van der Waals surface area contributed by atoms with E-state index in [1.165, 1.54) is 6.07 Å². The largest absolute Gasteiger partial charge is 0.490 e. The SMILES string of the molecule is CCC(C)c1cc(F)cc(O[C@@H](C)C(C)I)c1. The van der Waals surface area contributed by atoms with Gasteiger partial charge in [-0.05, 0) is 43.9 Å². The smallest absolute Gasteiger partial charge is 0.127 e. The maximum absolute atomic E-state index is 13.5. The van der Waals surface area contributed by atoms with E-state index in [0.29, 0.717) is 15.6 Å². The highest BCUT2D eigenvalue weighted by atomic mass is 127. The number of hydrogen-bond donors (Lipinski definition) is 0. The third-order valence-corrected chi connectivity index (χ3v) is 4.06. The lowest BCUT2D eigenvalue weighted by Crippen LogP contribution is -2.20. The molecule has 0 saturated carbocycles. The van der Waals surface area contributed by atoms with Gasteiger partial charge in [-0.2, -0.15) is 0 Å². The zero-order valence-corrected chi connectivity index (χ0v) is 13.0. The Kier molecular flexibility index (Phi) is 5.70. The number of benzene rings is 1. The molecule has 0 aliphatic carbocycles. The van der Waals surface area contributed by atoms with Crippen LogP contribution in [0.5, 0.6) is 5.75 Å². The highest BCUT2D eigenvalue weighted by Gasteiger charge is 2.12. The van der Waals surface area contributed by atoms with Crippen LogP contribution in [0.4, 0.5) is 4.39 Å². The second-order valence-electron chi connectivity index (χ2n) is 4.53. The Bertz CT molecular complexity index is 365. The van der Waals surface area contributed by atoms with E-state index in [-0.39, 0.29) is 11.9 Å². The highest BCUT2D eigenvalue weighted by molar-refractivity contribution is 14.1. The van der Waals surface area contributed by atoms with Crippen LogP contribution in [0.3, 0.4) is 0 Å². The predicted octanol–water partition coefficient (Wildman–Crippen LogP) is 4.93. The highest BCUT2D eigenvalue weighted by Crippen LogP contribution is 2.26. The fourth-order valence-corrected chi connectivity index (χ4v) is 1.63. The molecule has 1 aromatic carbocycles. The van der Waals surface area contributed by atoms with Gasteiger partial charge in [-0.25, -0.2) is 4.39 Å². The van der Waals surface area contributed by atoms with Gasteiger partial charge in [0.2, 0.25) is 0 Å². The summed E-state index contributed by atoms with van der Waals surface area (Å²) in [7, 11) is 0. The van der Waals surface area contributed by atoms with Crippen LogP contribution in [0.15, 0.2) is 18.2 Å². The minimum absolute atomic E-state index is 0.0854. The maximum Gasteiger partial charge on any atom is 0.127 e. The van der Waals surface area contributed by atoms with E-state index in [0.717, 1.165) is 12.0 Å². The van der Waals surface area contributed by atoms with Gasteiger partial charge in [-0.1, -0.05) is 36.4 Å². The molecule has 0 radical (unpaired) electrons. The normalized spacial score (nSPS) is 16.4. The third-order valence-electron chi connectivity index (χ3n) is 3.04. The molecule has 3 heteroatoms. The van der Waals surface area contributed by atoms with Crippen LogP contribution in [-0.2, 0) is 0 Å². The van der Waals surface area contributed by atoms with Crippen molar-refractivity contribution in [3.63, 3.8) is 0 Å². The predicted molar refractivity (Wildman–Crippen MR) is 78.7 cm³/mol. The third kappa shape index (κ3) is 4.45. The molecule has 0 bridgehead atoms. The summed E-state index contributed by atoms with van der Waals surface area (Å²) in [6, 6.07) is 5.01. The fraction of sp³-hybridized carbons (Fsp3) is 0.571. The Labute approximate surface area is 117 Å². The molecule has 0 fully saturated rings. The second kappa shape index (κ2) is 6.57. The fourth-order valence-electron chi connectivity index (χ4n) is 1.48. The molecule has 96 valence electrons. The van der Waals surface area contributed by atoms with Crippen molar-refractivity contribution in [2.45, 2.75) is 50.1 Å². The van der Waals surface area contributed by atoms with Crippen molar-refractivity contribution in [2.75, 3.05) is 0 Å². The molecule has 0 heterocycles. The van der Waals surface area contributed by atoms with E-state index in [1.54, 1.807) is 6.07 Å². The molecule has 2 unspecified atom stereocenters. The van der Waals surface area contributed by atoms with Gasteiger partial charge in [-0.15, -0.1) is 0 Å². The summed E-state index contributed by atoms with van der Waals surface area (Å²) >= 11 is 2.31. The first kappa shape index (κ1) is 14.7. The maximum atomic E-state index is 13.5. The van der Waals surface area contributed by atoms with Crippen molar-refractivity contribution in [1.29, 1.82) is 0 Å². The van der Waals surface area contributed by atoms with E-state index in [2.05, 4.69) is 43.4 Å². The van der Waals surface area contributed by atoms with Gasteiger partial charge in [-0.3, -0.25) is 0 Å². The van der Waals surface area contributed by atoms with Crippen molar-refractivity contribution < 1.29 is 9.13 Å². The van der Waals surface area contributed by atoms with Crippen molar-refractivity contribution in [3.8, 4) is 5.75 Å². The second-order valence-corrected chi connectivity index (χ2v) is 6.49. The first-order valence-electron chi connectivity index (χ1n) is 6.05. The summed E-state index contributed by atoms with van der Waals surface area (Å²) in [6.07, 6.45) is 1.09. The summed E-state index contributed by atoms with van der Waals surface area (Å²) in [5.74, 6) is 0.780. The Balaban J connectivity index is 2.89. The molecule has 0 saturated heterocycles. The first-order chi connectivity index (χ1) is 7.93. The van der Waals surface area contributed by atoms with E-state index in [4.69, 9.17) is 4.74 Å². The van der Waals surface area contributed by atoms with E-state index in [9.17, 15) is 4.39 Å². The number of ether oxygens (including phenoxy) is 1. The summed E-state index contributed by atoms with van der Waals surface area (Å²) in [5, 5.41) is 0. The minimum Gasteiger partial charge on any atom is -0.490 e. The standard InChI is InChI=1S/C14H20FIO/c1-5-9(2)12-6-13(15)8-14(7-12)17-11(4)10(3)16/h6-11H,5H2,1-4H3/t9?,10?,11-/m0/s1. The van der Waals surface area contributed by atoms with Crippen LogP contribution in [0.25, 0.3) is 0 Å². The van der Waals surface area contributed by atoms with Gasteiger partial charge < -0.3 is 4.74 Å². The van der Waals surface area contributed by atoms with Crippen LogP contribution in [0.2, 0.25) is 0 Å². The first-order valence-corrected chi connectivity index (χ1v) is 7.29. The van der Waals surface area contributed by atoms with Gasteiger partial charge in [0.05, 0.1) is 0 Å². The van der Waals surface area contributed by atoms with Crippen LogP contribution in [-0.4, -0.2) is 10.0 Å². The zero-order valence-electron chi connectivity index (χ0n) is 10.8. The topological polar surface area (TPSA) is 9.23 Å². The molecule has 17 heavy (non-hydrogen) atoms. The minimum atomic E-state index is -0.217. The van der Waals surface area contributed by atoms with E-state index < -0.39 is 0 Å². The van der Waals surface area contributed by atoms with Crippen molar-refractivity contribution in [1.82, 2.24) is 0 Å². The monoisotopic (exact) mass is 350 g/mol. The van der Waals surface area contributed by atoms with Crippen molar-refractivity contribution in [2.24, 2.45) is 0 Å². The number of halogens is 2. The van der Waals surface area contributed by atoms with E-state index in [1.807, 2.05) is 13.0 Å². The molecule has 3 atom stereocenters. The van der Waals surface area contributed by atoms with Crippen LogP contribution >= 0.6 is 22.6 Å². The van der Waals surface area contributed by atoms with Crippen LogP contribution in [0, 0.1) is 5.82 Å². The molecule has 0 aliphatic heterocycles. The number of alkyl halides is 1. The van der Waals surface area contributed by atoms with Crippen molar-refractivity contribution >= 4 is 22.6 Å². The molecule has 1 nitrogen and oxygen atoms in total. The molecule has 0 spiro atoms. The summed E-state index contributed by atoms with van der Waals surface area (Å²) in [4.78, 5) is 0. The van der Waals surface area contributed by atoms with Gasteiger partial charge in [0.25, 0.3) is 0 Å². The van der Waals surface area contributed by atoms with Crippen LogP contribution < -0.4 is 4.74 Å². The molecular weight excluding hydrogens is 330 g/mol. The van der Waals surface area contributed by atoms with Gasteiger partial charge in [0.15, 0.2) is 0 Å². The molecule has 0 aliphatic rings. The Morgan fingerprint density at radius 2 is 1.88 bits per heavy atom. The summed E-state index contributed by atoms with van der Waals surface area (Å²) < 4.78 is 19.6. The average Bonchev–Trinajstić information content (AvgIpc) is 2.26. The zero-order chi connectivity index (χ0) is 13.0. The lowest BCUT2D eigenvalue weighted by Gasteiger charge is -2.18. The lowest BCUT2D eigenvalue weighted by molar-refractivity contribution is 0.226. The summed E-state index contributed by atoms with van der Waals surface area (Å²) in [5.41, 5.74) is 1.01. The van der Waals surface area contributed by atoms with Crippen LogP contribution in [0.1, 0.15) is 45.6 Å². The summed E-state index contributed by atoms with van der Waals surface area (Å²) in [6.45, 7) is 8.29. The van der Waals surface area contributed by atoms with Crippen molar-refractivity contribution in [3.05, 3.63) is 29.6 Å². The number of rotatable bonds is 5. The lowest BCUT2D eigenvalue weighted by atomic mass is 9.98. The van der Waals surface area contributed by atoms with Gasteiger partial charge in [0.1, 0.15) is 17.7 Å². The molecule has 0 N–H and O–H groups in total. The van der Waals surface area contributed by atoms with E-state index >= 15 is 0 Å². The molecule has 0 aromatic heterocycles. The molecule has 1 rings (SSSR count). The van der Waals surface area contributed by atoms with Gasteiger partial charge in [0, 0.05) is 9.99 Å². The van der Waals surface area contributed by atoms with Gasteiger partial charge >= 0.3 is 0 Å². The Hall–Kier alpha value is -0.320. The molecule has 1 aromatic rings. The Morgan fingerprint density at radius 1 is 1.24 bits per heavy atom. The average molecular weight is 350 g/mol. The molecule has 0 amide bonds. The quantitative estimate of drug-likeness (QED) is 0.540.